The number of anilines is 1. The SMILES string of the molecule is CC(C)n1c(=O)c(-c2cccc(F)c2Cl)cn(CC(=O)N2CCC(N3CCc4cc(Br)ccc4NC3=O)CC2)c1=O. The molecule has 0 saturated carbocycles. The van der Waals surface area contributed by atoms with Crippen LogP contribution in [0.15, 0.2) is 56.7 Å². The Morgan fingerprint density at radius 3 is 2.54 bits per heavy atom. The van der Waals surface area contributed by atoms with Crippen molar-refractivity contribution >= 4 is 45.2 Å². The maximum absolute atomic E-state index is 14.2. The average molecular weight is 647 g/mol. The van der Waals surface area contributed by atoms with Crippen LogP contribution in [-0.2, 0) is 17.8 Å². The van der Waals surface area contributed by atoms with Gasteiger partial charge in [-0.3, -0.25) is 18.7 Å². The van der Waals surface area contributed by atoms with Crippen LogP contribution in [-0.4, -0.2) is 56.5 Å². The molecule has 3 amide bonds. The Morgan fingerprint density at radius 1 is 1.10 bits per heavy atom. The summed E-state index contributed by atoms with van der Waals surface area (Å²) in [5.74, 6) is -0.973. The van der Waals surface area contributed by atoms with Crippen molar-refractivity contribution in [3.63, 3.8) is 0 Å². The zero-order valence-corrected chi connectivity index (χ0v) is 25.0. The number of nitrogens with zero attached hydrogens (tertiary/aromatic N) is 4. The monoisotopic (exact) mass is 645 g/mol. The van der Waals surface area contributed by atoms with E-state index in [-0.39, 0.29) is 40.7 Å². The normalized spacial score (nSPS) is 16.0. The summed E-state index contributed by atoms with van der Waals surface area (Å²) in [6.07, 6.45) is 3.21. The van der Waals surface area contributed by atoms with Crippen molar-refractivity contribution in [3.8, 4) is 11.1 Å². The van der Waals surface area contributed by atoms with E-state index in [1.807, 2.05) is 23.1 Å². The van der Waals surface area contributed by atoms with Gasteiger partial charge in [0, 0.05) is 53.6 Å². The minimum Gasteiger partial charge on any atom is -0.341 e. The first kappa shape index (κ1) is 29.1. The number of carbonyl (C=O) groups excluding carboxylic acids is 2. The van der Waals surface area contributed by atoms with E-state index < -0.39 is 23.1 Å². The van der Waals surface area contributed by atoms with Crippen molar-refractivity contribution in [2.45, 2.75) is 51.7 Å². The summed E-state index contributed by atoms with van der Waals surface area (Å²) >= 11 is 9.65. The zero-order chi connectivity index (χ0) is 29.4. The molecular formula is C29H30BrClFN5O4. The largest absolute Gasteiger partial charge is 0.341 e. The first-order valence-corrected chi connectivity index (χ1v) is 14.7. The Morgan fingerprint density at radius 2 is 1.83 bits per heavy atom. The van der Waals surface area contributed by atoms with Gasteiger partial charge in [-0.15, -0.1) is 0 Å². The smallest absolute Gasteiger partial charge is 0.331 e. The molecule has 1 N–H and O–H groups in total. The van der Waals surface area contributed by atoms with Crippen LogP contribution in [0.1, 0.15) is 38.3 Å². The number of benzene rings is 2. The van der Waals surface area contributed by atoms with Gasteiger partial charge in [0.15, 0.2) is 0 Å². The zero-order valence-electron chi connectivity index (χ0n) is 22.7. The molecule has 3 heterocycles. The van der Waals surface area contributed by atoms with Gasteiger partial charge >= 0.3 is 11.7 Å². The molecule has 1 aromatic heterocycles. The van der Waals surface area contributed by atoms with Crippen LogP contribution < -0.4 is 16.6 Å². The molecule has 0 bridgehead atoms. The van der Waals surface area contributed by atoms with Crippen LogP contribution in [0.4, 0.5) is 14.9 Å². The number of aromatic nitrogens is 2. The number of likely N-dealkylation sites (tertiary alicyclic amines) is 1. The summed E-state index contributed by atoms with van der Waals surface area (Å²) in [5.41, 5.74) is 0.826. The number of carbonyl (C=O) groups is 2. The second kappa shape index (κ2) is 11.8. The van der Waals surface area contributed by atoms with E-state index in [0.29, 0.717) is 32.5 Å². The van der Waals surface area contributed by atoms with Gasteiger partial charge in [0.1, 0.15) is 12.4 Å². The predicted molar refractivity (Wildman–Crippen MR) is 159 cm³/mol. The molecule has 3 aromatic rings. The number of piperidine rings is 1. The van der Waals surface area contributed by atoms with Gasteiger partial charge < -0.3 is 15.1 Å². The van der Waals surface area contributed by atoms with E-state index in [1.165, 1.54) is 29.0 Å². The number of hydrogen-bond donors (Lipinski definition) is 1. The Balaban J connectivity index is 1.31. The Kier molecular flexibility index (Phi) is 8.37. The second-order valence-corrected chi connectivity index (χ2v) is 11.9. The average Bonchev–Trinajstić information content (AvgIpc) is 3.09. The van der Waals surface area contributed by atoms with E-state index in [2.05, 4.69) is 21.2 Å². The number of amides is 3. The van der Waals surface area contributed by atoms with Crippen LogP contribution in [0.5, 0.6) is 0 Å². The fraction of sp³-hybridized carbons (Fsp3) is 0.379. The molecule has 5 rings (SSSR count). The van der Waals surface area contributed by atoms with Crippen molar-refractivity contribution in [2.24, 2.45) is 0 Å². The number of hydrogen-bond acceptors (Lipinski definition) is 4. The Bertz CT molecular complexity index is 1630. The minimum atomic E-state index is -0.689. The summed E-state index contributed by atoms with van der Waals surface area (Å²) in [4.78, 5) is 56.2. The Hall–Kier alpha value is -3.44. The third kappa shape index (κ3) is 5.83. The molecule has 0 spiro atoms. The van der Waals surface area contributed by atoms with Crippen molar-refractivity contribution in [3.05, 3.63) is 84.3 Å². The van der Waals surface area contributed by atoms with Crippen molar-refractivity contribution in [1.29, 1.82) is 0 Å². The number of fused-ring (bicyclic) bond motifs is 1. The molecule has 0 radical (unpaired) electrons. The summed E-state index contributed by atoms with van der Waals surface area (Å²) in [6, 6.07) is 9.25. The molecule has 1 saturated heterocycles. The lowest BCUT2D eigenvalue weighted by atomic mass is 10.0. The molecule has 216 valence electrons. The number of rotatable bonds is 5. The van der Waals surface area contributed by atoms with E-state index in [0.717, 1.165) is 26.7 Å². The first-order chi connectivity index (χ1) is 19.5. The first-order valence-electron chi connectivity index (χ1n) is 13.5. The van der Waals surface area contributed by atoms with Crippen LogP contribution in [0, 0.1) is 5.82 Å². The quantitative estimate of drug-likeness (QED) is 0.427. The molecule has 0 aliphatic carbocycles. The molecule has 0 unspecified atom stereocenters. The van der Waals surface area contributed by atoms with Crippen LogP contribution >= 0.6 is 27.5 Å². The van der Waals surface area contributed by atoms with Gasteiger partial charge in [0.2, 0.25) is 5.91 Å². The highest BCUT2D eigenvalue weighted by molar-refractivity contribution is 9.10. The molecular weight excluding hydrogens is 617 g/mol. The van der Waals surface area contributed by atoms with Gasteiger partial charge in [-0.1, -0.05) is 39.7 Å². The van der Waals surface area contributed by atoms with Crippen LogP contribution in [0.3, 0.4) is 0 Å². The minimum absolute atomic E-state index is 0.0240. The summed E-state index contributed by atoms with van der Waals surface area (Å²) in [6.45, 7) is 4.51. The molecule has 41 heavy (non-hydrogen) atoms. The molecule has 2 aliphatic rings. The maximum Gasteiger partial charge on any atom is 0.331 e. The van der Waals surface area contributed by atoms with Gasteiger partial charge in [-0.25, -0.2) is 14.0 Å². The van der Waals surface area contributed by atoms with Crippen molar-refractivity contribution < 1.29 is 14.0 Å². The highest BCUT2D eigenvalue weighted by atomic mass is 79.9. The highest BCUT2D eigenvalue weighted by Gasteiger charge is 2.32. The molecule has 12 heteroatoms. The summed E-state index contributed by atoms with van der Waals surface area (Å²) in [7, 11) is 0. The number of urea groups is 1. The lowest BCUT2D eigenvalue weighted by molar-refractivity contribution is -0.133. The van der Waals surface area contributed by atoms with Gasteiger partial charge in [0.05, 0.1) is 10.6 Å². The molecule has 2 aliphatic heterocycles. The fourth-order valence-corrected chi connectivity index (χ4v) is 6.16. The predicted octanol–water partition coefficient (Wildman–Crippen LogP) is 4.89. The van der Waals surface area contributed by atoms with E-state index in [1.54, 1.807) is 18.7 Å². The number of halogens is 3. The van der Waals surface area contributed by atoms with Gasteiger partial charge in [-0.2, -0.15) is 0 Å². The standard InChI is InChI=1S/C29H30BrClFN5O4/c1-17(2)37-27(39)22(21-4-3-5-23(32)26(21)31)15-35(29(37)41)16-25(38)34-11-9-20(10-12-34)36-13-8-18-14-19(30)6-7-24(18)33-28(36)40/h3-7,14-15,17,20H,8-13,16H2,1-2H3,(H,33,40). The summed E-state index contributed by atoms with van der Waals surface area (Å²) < 4.78 is 17.4. The third-order valence-electron chi connectivity index (χ3n) is 7.70. The second-order valence-electron chi connectivity index (χ2n) is 10.6. The fourth-order valence-electron chi connectivity index (χ4n) is 5.53. The lowest BCUT2D eigenvalue weighted by Crippen LogP contribution is -2.51. The van der Waals surface area contributed by atoms with E-state index in [9.17, 15) is 23.6 Å². The van der Waals surface area contributed by atoms with E-state index in [4.69, 9.17) is 11.6 Å². The highest BCUT2D eigenvalue weighted by Crippen LogP contribution is 2.29. The van der Waals surface area contributed by atoms with Gasteiger partial charge in [-0.05, 0) is 62.9 Å². The third-order valence-corrected chi connectivity index (χ3v) is 8.58. The van der Waals surface area contributed by atoms with Crippen molar-refractivity contribution in [1.82, 2.24) is 18.9 Å². The maximum atomic E-state index is 14.2. The Labute approximate surface area is 249 Å². The molecule has 0 atom stereocenters. The van der Waals surface area contributed by atoms with Crippen LogP contribution in [0.2, 0.25) is 5.02 Å². The van der Waals surface area contributed by atoms with Gasteiger partial charge in [0.25, 0.3) is 5.56 Å². The lowest BCUT2D eigenvalue weighted by Gasteiger charge is -2.38. The topological polar surface area (TPSA) is 96.7 Å². The molecule has 2 aromatic carbocycles. The molecule has 9 nitrogen and oxygen atoms in total. The molecule has 1 fully saturated rings. The number of nitrogens with one attached hydrogen (secondary N) is 1. The van der Waals surface area contributed by atoms with E-state index >= 15 is 0 Å². The van der Waals surface area contributed by atoms with Crippen LogP contribution in [0.25, 0.3) is 11.1 Å². The van der Waals surface area contributed by atoms with Crippen molar-refractivity contribution in [2.75, 3.05) is 25.0 Å². The summed E-state index contributed by atoms with van der Waals surface area (Å²) in [5, 5.41) is 2.77.